The molecule has 0 spiro atoms. The van der Waals surface area contributed by atoms with Gasteiger partial charge in [0.25, 0.3) is 5.91 Å². The molecule has 116 valence electrons. The summed E-state index contributed by atoms with van der Waals surface area (Å²) in [5.41, 5.74) is 1.04. The number of piperazine rings is 1. The smallest absolute Gasteiger partial charge is 0.268 e. The fraction of sp³-hybridized carbons (Fsp3) is 0.312. The SMILES string of the molecule is COc1ccsc1C(=O)N1CCNCC1c1cccc(Cl)c1. The third-order valence-corrected chi connectivity index (χ3v) is 4.90. The second-order valence-electron chi connectivity index (χ2n) is 5.09. The number of nitrogens with one attached hydrogen (secondary N) is 1. The van der Waals surface area contributed by atoms with Crippen LogP contribution in [0.4, 0.5) is 0 Å². The lowest BCUT2D eigenvalue weighted by Crippen LogP contribution is -2.48. The predicted octanol–water partition coefficient (Wildman–Crippen LogP) is 3.20. The van der Waals surface area contributed by atoms with Gasteiger partial charge in [-0.05, 0) is 29.1 Å². The zero-order valence-corrected chi connectivity index (χ0v) is 13.8. The van der Waals surface area contributed by atoms with Crippen molar-refractivity contribution >= 4 is 28.8 Å². The molecule has 1 unspecified atom stereocenters. The van der Waals surface area contributed by atoms with Crippen LogP contribution < -0.4 is 10.1 Å². The lowest BCUT2D eigenvalue weighted by atomic mass is 10.0. The first-order valence-corrected chi connectivity index (χ1v) is 8.35. The number of hydrogen-bond donors (Lipinski definition) is 1. The van der Waals surface area contributed by atoms with Gasteiger partial charge in [0.15, 0.2) is 0 Å². The first-order valence-electron chi connectivity index (χ1n) is 7.09. The van der Waals surface area contributed by atoms with Crippen molar-refractivity contribution in [2.45, 2.75) is 6.04 Å². The normalized spacial score (nSPS) is 18.3. The molecule has 1 aliphatic heterocycles. The topological polar surface area (TPSA) is 41.6 Å². The molecular weight excluding hydrogens is 320 g/mol. The number of nitrogens with zero attached hydrogens (tertiary/aromatic N) is 1. The molecule has 0 bridgehead atoms. The number of halogens is 1. The number of carbonyl (C=O) groups is 1. The summed E-state index contributed by atoms with van der Waals surface area (Å²) in [6.07, 6.45) is 0. The van der Waals surface area contributed by atoms with Crippen molar-refractivity contribution in [3.63, 3.8) is 0 Å². The molecule has 1 aliphatic rings. The monoisotopic (exact) mass is 336 g/mol. The predicted molar refractivity (Wildman–Crippen MR) is 89.0 cm³/mol. The molecule has 0 saturated carbocycles. The molecule has 1 saturated heterocycles. The lowest BCUT2D eigenvalue weighted by Gasteiger charge is -2.36. The summed E-state index contributed by atoms with van der Waals surface area (Å²) in [7, 11) is 1.59. The van der Waals surface area contributed by atoms with Crippen molar-refractivity contribution in [1.29, 1.82) is 0 Å². The van der Waals surface area contributed by atoms with Crippen molar-refractivity contribution in [3.8, 4) is 5.75 Å². The van der Waals surface area contributed by atoms with Gasteiger partial charge in [-0.25, -0.2) is 0 Å². The Balaban J connectivity index is 1.91. The Morgan fingerprint density at radius 3 is 3.09 bits per heavy atom. The van der Waals surface area contributed by atoms with Crippen LogP contribution >= 0.6 is 22.9 Å². The van der Waals surface area contributed by atoms with Crippen molar-refractivity contribution in [2.75, 3.05) is 26.7 Å². The van der Waals surface area contributed by atoms with E-state index in [1.165, 1.54) is 11.3 Å². The van der Waals surface area contributed by atoms with Crippen LogP contribution in [0.15, 0.2) is 35.7 Å². The molecule has 0 aliphatic carbocycles. The Bertz CT molecular complexity index is 674. The van der Waals surface area contributed by atoms with E-state index in [1.54, 1.807) is 7.11 Å². The lowest BCUT2D eigenvalue weighted by molar-refractivity contribution is 0.0636. The Labute approximate surface area is 138 Å². The molecule has 1 fully saturated rings. The Hall–Kier alpha value is -1.56. The number of benzene rings is 1. The van der Waals surface area contributed by atoms with Crippen molar-refractivity contribution in [3.05, 3.63) is 51.2 Å². The number of ether oxygens (including phenoxy) is 1. The third-order valence-electron chi connectivity index (χ3n) is 3.78. The van der Waals surface area contributed by atoms with Gasteiger partial charge in [0.2, 0.25) is 0 Å². The van der Waals surface area contributed by atoms with E-state index >= 15 is 0 Å². The highest BCUT2D eigenvalue weighted by atomic mass is 35.5. The summed E-state index contributed by atoms with van der Waals surface area (Å²) >= 11 is 7.51. The average molecular weight is 337 g/mol. The van der Waals surface area contributed by atoms with Crippen molar-refractivity contribution < 1.29 is 9.53 Å². The average Bonchev–Trinajstić information content (AvgIpc) is 3.03. The summed E-state index contributed by atoms with van der Waals surface area (Å²) < 4.78 is 5.28. The first-order chi connectivity index (χ1) is 10.7. The summed E-state index contributed by atoms with van der Waals surface area (Å²) in [5.74, 6) is 0.650. The molecule has 0 radical (unpaired) electrons. The Morgan fingerprint density at radius 1 is 1.45 bits per heavy atom. The number of carbonyl (C=O) groups excluding carboxylic acids is 1. The highest BCUT2D eigenvalue weighted by molar-refractivity contribution is 7.12. The van der Waals surface area contributed by atoms with Crippen LogP contribution in [0.25, 0.3) is 0 Å². The molecule has 2 heterocycles. The van der Waals surface area contributed by atoms with Gasteiger partial charge in [0, 0.05) is 24.7 Å². The molecule has 1 aromatic carbocycles. The van der Waals surface area contributed by atoms with Crippen LogP contribution in [0.3, 0.4) is 0 Å². The third kappa shape index (κ3) is 2.97. The quantitative estimate of drug-likeness (QED) is 0.936. The molecule has 2 aromatic rings. The minimum atomic E-state index is -0.0215. The van der Waals surface area contributed by atoms with Gasteiger partial charge in [0.1, 0.15) is 10.6 Å². The van der Waals surface area contributed by atoms with Gasteiger partial charge in [-0.15, -0.1) is 11.3 Å². The molecule has 1 N–H and O–H groups in total. The highest BCUT2D eigenvalue weighted by Crippen LogP contribution is 2.31. The molecule has 22 heavy (non-hydrogen) atoms. The molecule has 3 rings (SSSR count). The second kappa shape index (κ2) is 6.69. The van der Waals surface area contributed by atoms with Gasteiger partial charge < -0.3 is 15.0 Å². The summed E-state index contributed by atoms with van der Waals surface area (Å²) in [6.45, 7) is 2.17. The first kappa shape index (κ1) is 15.3. The van der Waals surface area contributed by atoms with E-state index in [4.69, 9.17) is 16.3 Å². The number of methoxy groups -OCH3 is 1. The van der Waals surface area contributed by atoms with E-state index in [-0.39, 0.29) is 11.9 Å². The molecular formula is C16H17ClN2O2S. The number of hydrogen-bond acceptors (Lipinski definition) is 4. The van der Waals surface area contributed by atoms with Gasteiger partial charge in [-0.2, -0.15) is 0 Å². The standard InChI is InChI=1S/C16H17ClN2O2S/c1-21-14-5-8-22-15(14)16(20)19-7-6-18-10-13(19)11-3-2-4-12(17)9-11/h2-5,8-9,13,18H,6-7,10H2,1H3. The number of rotatable bonds is 3. The summed E-state index contributed by atoms with van der Waals surface area (Å²) in [6, 6.07) is 9.50. The van der Waals surface area contributed by atoms with Crippen LogP contribution in [0.1, 0.15) is 21.3 Å². The van der Waals surface area contributed by atoms with Gasteiger partial charge in [0.05, 0.1) is 13.2 Å². The van der Waals surface area contributed by atoms with E-state index in [2.05, 4.69) is 5.32 Å². The van der Waals surface area contributed by atoms with E-state index in [0.29, 0.717) is 22.2 Å². The van der Waals surface area contributed by atoms with E-state index in [0.717, 1.165) is 18.7 Å². The van der Waals surface area contributed by atoms with E-state index in [9.17, 15) is 4.79 Å². The second-order valence-corrected chi connectivity index (χ2v) is 6.44. The maximum absolute atomic E-state index is 12.9. The van der Waals surface area contributed by atoms with Crippen LogP contribution in [0.5, 0.6) is 5.75 Å². The van der Waals surface area contributed by atoms with Crippen molar-refractivity contribution in [2.24, 2.45) is 0 Å². The van der Waals surface area contributed by atoms with E-state index < -0.39 is 0 Å². The highest BCUT2D eigenvalue weighted by Gasteiger charge is 2.30. The summed E-state index contributed by atoms with van der Waals surface area (Å²) in [5, 5.41) is 5.91. The maximum Gasteiger partial charge on any atom is 0.268 e. The van der Waals surface area contributed by atoms with Gasteiger partial charge in [-0.1, -0.05) is 23.7 Å². The Morgan fingerprint density at radius 2 is 2.32 bits per heavy atom. The molecule has 1 aromatic heterocycles. The largest absolute Gasteiger partial charge is 0.495 e. The zero-order chi connectivity index (χ0) is 15.5. The molecule has 6 heteroatoms. The minimum absolute atomic E-state index is 0.0123. The number of amides is 1. The molecule has 1 amide bonds. The van der Waals surface area contributed by atoms with Crippen LogP contribution in [0.2, 0.25) is 5.02 Å². The Kier molecular flexibility index (Phi) is 4.66. The van der Waals surface area contributed by atoms with Crippen LogP contribution in [-0.2, 0) is 0 Å². The minimum Gasteiger partial charge on any atom is -0.495 e. The number of thiophene rings is 1. The molecule has 4 nitrogen and oxygen atoms in total. The van der Waals surface area contributed by atoms with E-state index in [1.807, 2.05) is 40.6 Å². The van der Waals surface area contributed by atoms with Crippen molar-refractivity contribution in [1.82, 2.24) is 10.2 Å². The summed E-state index contributed by atoms with van der Waals surface area (Å²) in [4.78, 5) is 15.5. The fourth-order valence-electron chi connectivity index (χ4n) is 2.70. The van der Waals surface area contributed by atoms with Gasteiger partial charge >= 0.3 is 0 Å². The molecule has 1 atom stereocenters. The zero-order valence-electron chi connectivity index (χ0n) is 12.2. The fourth-order valence-corrected chi connectivity index (χ4v) is 3.72. The maximum atomic E-state index is 12.9. The van der Waals surface area contributed by atoms with Gasteiger partial charge in [-0.3, -0.25) is 4.79 Å². The van der Waals surface area contributed by atoms with Crippen LogP contribution in [0, 0.1) is 0 Å². The van der Waals surface area contributed by atoms with Crippen LogP contribution in [-0.4, -0.2) is 37.6 Å².